The fraction of sp³-hybridized carbons (Fsp3) is 0.538. The SMILES string of the molecule is O=S(=O)(CC(O)C1CCCC1)c1ccccc1Cl. The molecule has 18 heavy (non-hydrogen) atoms. The van der Waals surface area contributed by atoms with Crippen LogP contribution in [-0.4, -0.2) is 25.4 Å². The van der Waals surface area contributed by atoms with Crippen molar-refractivity contribution in [1.29, 1.82) is 0 Å². The molecule has 1 saturated carbocycles. The Morgan fingerprint density at radius 1 is 1.28 bits per heavy atom. The van der Waals surface area contributed by atoms with Crippen LogP contribution in [0, 0.1) is 5.92 Å². The van der Waals surface area contributed by atoms with Crippen molar-refractivity contribution in [2.45, 2.75) is 36.7 Å². The third kappa shape index (κ3) is 3.05. The standard InChI is InChI=1S/C13H17ClO3S/c14-11-7-3-4-8-13(11)18(16,17)9-12(15)10-5-1-2-6-10/h3-4,7-8,10,12,15H,1-2,5-6,9H2. The van der Waals surface area contributed by atoms with Crippen molar-refractivity contribution in [3.05, 3.63) is 29.3 Å². The number of halogens is 1. The van der Waals surface area contributed by atoms with Crippen molar-refractivity contribution in [1.82, 2.24) is 0 Å². The number of aliphatic hydroxyl groups excluding tert-OH is 1. The highest BCUT2D eigenvalue weighted by Gasteiger charge is 2.29. The molecule has 1 N–H and O–H groups in total. The van der Waals surface area contributed by atoms with Crippen LogP contribution in [0.3, 0.4) is 0 Å². The van der Waals surface area contributed by atoms with Crippen molar-refractivity contribution in [3.8, 4) is 0 Å². The zero-order chi connectivity index (χ0) is 13.2. The van der Waals surface area contributed by atoms with Gasteiger partial charge >= 0.3 is 0 Å². The van der Waals surface area contributed by atoms with Gasteiger partial charge in [-0.2, -0.15) is 0 Å². The van der Waals surface area contributed by atoms with Gasteiger partial charge in [0.2, 0.25) is 0 Å². The Balaban J connectivity index is 2.14. The lowest BCUT2D eigenvalue weighted by Crippen LogP contribution is -2.27. The Hall–Kier alpha value is -0.580. The van der Waals surface area contributed by atoms with Crippen LogP contribution in [0.5, 0.6) is 0 Å². The van der Waals surface area contributed by atoms with Crippen LogP contribution in [0.2, 0.25) is 5.02 Å². The summed E-state index contributed by atoms with van der Waals surface area (Å²) in [5.74, 6) is -0.122. The number of hydrogen-bond donors (Lipinski definition) is 1. The van der Waals surface area contributed by atoms with Gasteiger partial charge in [-0.15, -0.1) is 0 Å². The molecule has 0 heterocycles. The molecule has 0 spiro atoms. The highest BCUT2D eigenvalue weighted by atomic mass is 35.5. The zero-order valence-electron chi connectivity index (χ0n) is 10.0. The molecule has 2 rings (SSSR count). The van der Waals surface area contributed by atoms with E-state index < -0.39 is 15.9 Å². The molecule has 0 bridgehead atoms. The number of aliphatic hydroxyl groups is 1. The van der Waals surface area contributed by atoms with E-state index in [4.69, 9.17) is 11.6 Å². The molecule has 0 amide bonds. The number of hydrogen-bond acceptors (Lipinski definition) is 3. The summed E-state index contributed by atoms with van der Waals surface area (Å²) < 4.78 is 24.4. The van der Waals surface area contributed by atoms with Gasteiger partial charge in [-0.25, -0.2) is 8.42 Å². The second-order valence-electron chi connectivity index (χ2n) is 4.82. The molecule has 0 radical (unpaired) electrons. The first-order valence-corrected chi connectivity index (χ1v) is 8.19. The summed E-state index contributed by atoms with van der Waals surface area (Å²) in [6.45, 7) is 0. The Bertz CT molecular complexity index is 507. The Kier molecular flexibility index (Phi) is 4.30. The summed E-state index contributed by atoms with van der Waals surface area (Å²) in [4.78, 5) is 0.115. The minimum Gasteiger partial charge on any atom is -0.392 e. The molecule has 0 saturated heterocycles. The average Bonchev–Trinajstić information content (AvgIpc) is 2.82. The van der Waals surface area contributed by atoms with E-state index in [2.05, 4.69) is 0 Å². The molecule has 5 heteroatoms. The molecule has 1 aromatic carbocycles. The number of benzene rings is 1. The van der Waals surface area contributed by atoms with Crippen LogP contribution in [-0.2, 0) is 9.84 Å². The van der Waals surface area contributed by atoms with E-state index in [0.29, 0.717) is 0 Å². The van der Waals surface area contributed by atoms with E-state index in [0.717, 1.165) is 25.7 Å². The molecule has 1 fully saturated rings. The van der Waals surface area contributed by atoms with Gasteiger partial charge < -0.3 is 5.11 Å². The van der Waals surface area contributed by atoms with E-state index in [1.165, 1.54) is 6.07 Å². The highest BCUT2D eigenvalue weighted by Crippen LogP contribution is 2.30. The Labute approximate surface area is 113 Å². The van der Waals surface area contributed by atoms with Gasteiger partial charge in [0.1, 0.15) is 0 Å². The van der Waals surface area contributed by atoms with E-state index in [-0.39, 0.29) is 21.6 Å². The smallest absolute Gasteiger partial charge is 0.182 e. The minimum atomic E-state index is -3.51. The maximum Gasteiger partial charge on any atom is 0.182 e. The molecule has 3 nitrogen and oxygen atoms in total. The van der Waals surface area contributed by atoms with Crippen LogP contribution in [0.1, 0.15) is 25.7 Å². The fourth-order valence-corrected chi connectivity index (χ4v) is 4.53. The second kappa shape index (κ2) is 5.59. The molecule has 1 aromatic rings. The maximum absolute atomic E-state index is 12.2. The molecule has 0 aliphatic heterocycles. The van der Waals surface area contributed by atoms with Crippen LogP contribution < -0.4 is 0 Å². The van der Waals surface area contributed by atoms with E-state index >= 15 is 0 Å². The molecular formula is C13H17ClO3S. The lowest BCUT2D eigenvalue weighted by atomic mass is 10.0. The van der Waals surface area contributed by atoms with Gasteiger partial charge in [0.05, 0.1) is 21.8 Å². The normalized spacial score (nSPS) is 19.0. The number of sulfone groups is 1. The lowest BCUT2D eigenvalue weighted by Gasteiger charge is -2.17. The predicted molar refractivity (Wildman–Crippen MR) is 71.5 cm³/mol. The van der Waals surface area contributed by atoms with Crippen molar-refractivity contribution in [3.63, 3.8) is 0 Å². The monoisotopic (exact) mass is 288 g/mol. The Morgan fingerprint density at radius 3 is 2.50 bits per heavy atom. The summed E-state index contributed by atoms with van der Waals surface area (Å²) in [5.41, 5.74) is 0. The van der Waals surface area contributed by atoms with Crippen LogP contribution in [0.25, 0.3) is 0 Å². The molecule has 100 valence electrons. The largest absolute Gasteiger partial charge is 0.392 e. The summed E-state index contributed by atoms with van der Waals surface area (Å²) >= 11 is 5.89. The van der Waals surface area contributed by atoms with Crippen LogP contribution >= 0.6 is 11.6 Å². The first kappa shape index (κ1) is 13.8. The van der Waals surface area contributed by atoms with Gasteiger partial charge in [-0.1, -0.05) is 36.6 Å². The molecule has 0 aromatic heterocycles. The molecule has 1 aliphatic carbocycles. The fourth-order valence-electron chi connectivity index (χ4n) is 2.49. The molecule has 1 unspecified atom stereocenters. The second-order valence-corrected chi connectivity index (χ2v) is 7.23. The van der Waals surface area contributed by atoms with Gasteiger partial charge in [-0.05, 0) is 30.9 Å². The maximum atomic E-state index is 12.2. The van der Waals surface area contributed by atoms with E-state index in [9.17, 15) is 13.5 Å². The van der Waals surface area contributed by atoms with Crippen LogP contribution in [0.4, 0.5) is 0 Å². The highest BCUT2D eigenvalue weighted by molar-refractivity contribution is 7.91. The summed E-state index contributed by atoms with van der Waals surface area (Å²) in [5, 5.41) is 10.2. The quantitative estimate of drug-likeness (QED) is 0.927. The molecule has 1 aliphatic rings. The van der Waals surface area contributed by atoms with Gasteiger partial charge in [-0.3, -0.25) is 0 Å². The predicted octanol–water partition coefficient (Wildman–Crippen LogP) is 2.66. The van der Waals surface area contributed by atoms with Crippen molar-refractivity contribution >= 4 is 21.4 Å². The summed E-state index contributed by atoms with van der Waals surface area (Å²) in [6, 6.07) is 6.37. The topological polar surface area (TPSA) is 54.4 Å². The van der Waals surface area contributed by atoms with E-state index in [1.807, 2.05) is 0 Å². The summed E-state index contributed by atoms with van der Waals surface area (Å²) in [7, 11) is -3.51. The average molecular weight is 289 g/mol. The van der Waals surface area contributed by atoms with Crippen molar-refractivity contribution in [2.24, 2.45) is 5.92 Å². The third-order valence-corrected chi connectivity index (χ3v) is 5.75. The lowest BCUT2D eigenvalue weighted by molar-refractivity contribution is 0.131. The van der Waals surface area contributed by atoms with E-state index in [1.54, 1.807) is 18.2 Å². The van der Waals surface area contributed by atoms with Gasteiger partial charge in [0.15, 0.2) is 9.84 Å². The Morgan fingerprint density at radius 2 is 1.89 bits per heavy atom. The van der Waals surface area contributed by atoms with Crippen LogP contribution in [0.15, 0.2) is 29.2 Å². The molecular weight excluding hydrogens is 272 g/mol. The first-order valence-electron chi connectivity index (χ1n) is 6.16. The van der Waals surface area contributed by atoms with Crippen molar-refractivity contribution < 1.29 is 13.5 Å². The third-order valence-electron chi connectivity index (χ3n) is 3.51. The van der Waals surface area contributed by atoms with Gasteiger partial charge in [0, 0.05) is 0 Å². The van der Waals surface area contributed by atoms with Gasteiger partial charge in [0.25, 0.3) is 0 Å². The number of rotatable bonds is 4. The minimum absolute atomic E-state index is 0.113. The zero-order valence-corrected chi connectivity index (χ0v) is 11.6. The molecule has 1 atom stereocenters. The first-order chi connectivity index (χ1) is 8.50. The van der Waals surface area contributed by atoms with Crippen molar-refractivity contribution in [2.75, 3.05) is 5.75 Å². The summed E-state index contributed by atoms with van der Waals surface area (Å²) in [6.07, 6.45) is 3.20.